The fraction of sp³-hybridized carbons (Fsp3) is 1.00. The first-order chi connectivity index (χ1) is 7.33. The van der Waals surface area contributed by atoms with Crippen molar-refractivity contribution in [3.05, 3.63) is 0 Å². The summed E-state index contributed by atoms with van der Waals surface area (Å²) in [4.78, 5) is 0. The second kappa shape index (κ2) is 8.05. The van der Waals surface area contributed by atoms with Gasteiger partial charge in [-0.3, -0.25) is 0 Å². The Bertz CT molecular complexity index is 155. The van der Waals surface area contributed by atoms with Crippen molar-refractivity contribution in [2.24, 2.45) is 0 Å². The van der Waals surface area contributed by atoms with Gasteiger partial charge in [-0.05, 0) is 26.2 Å². The van der Waals surface area contributed by atoms with Gasteiger partial charge in [0.15, 0.2) is 0 Å². The fourth-order valence-corrected chi connectivity index (χ4v) is 1.68. The molecule has 2 atom stereocenters. The lowest BCUT2D eigenvalue weighted by Crippen LogP contribution is -2.45. The Hall–Kier alpha value is -0.160. The zero-order valence-corrected chi connectivity index (χ0v) is 9.58. The molecule has 1 saturated heterocycles. The van der Waals surface area contributed by atoms with Gasteiger partial charge in [0, 0.05) is 26.3 Å². The highest BCUT2D eigenvalue weighted by molar-refractivity contribution is 4.71. The number of rotatable bonds is 7. The van der Waals surface area contributed by atoms with Crippen LogP contribution in [0.25, 0.3) is 0 Å². The van der Waals surface area contributed by atoms with Crippen LogP contribution in [0.5, 0.6) is 0 Å². The van der Waals surface area contributed by atoms with Crippen molar-refractivity contribution >= 4 is 0 Å². The van der Waals surface area contributed by atoms with Gasteiger partial charge in [-0.2, -0.15) is 0 Å². The number of aliphatic hydroxyl groups excluding tert-OH is 1. The second-order valence-electron chi connectivity index (χ2n) is 4.09. The third-order valence-electron chi connectivity index (χ3n) is 2.48. The number of morpholine rings is 1. The van der Waals surface area contributed by atoms with E-state index in [0.29, 0.717) is 12.7 Å². The van der Waals surface area contributed by atoms with Crippen molar-refractivity contribution < 1.29 is 14.6 Å². The van der Waals surface area contributed by atoms with Gasteiger partial charge in [-0.15, -0.1) is 0 Å². The quantitative estimate of drug-likeness (QED) is 0.611. The summed E-state index contributed by atoms with van der Waals surface area (Å²) < 4.78 is 11.2. The van der Waals surface area contributed by atoms with Crippen LogP contribution in [0.1, 0.15) is 26.2 Å². The molecule has 0 aromatic heterocycles. The average molecular weight is 217 g/mol. The predicted molar refractivity (Wildman–Crippen MR) is 59.0 cm³/mol. The van der Waals surface area contributed by atoms with E-state index in [1.807, 2.05) is 0 Å². The van der Waals surface area contributed by atoms with Crippen LogP contribution in [0.4, 0.5) is 0 Å². The highest BCUT2D eigenvalue weighted by Gasteiger charge is 2.18. The fourth-order valence-electron chi connectivity index (χ4n) is 1.68. The first-order valence-electron chi connectivity index (χ1n) is 5.87. The predicted octanol–water partition coefficient (Wildman–Crippen LogP) is 0.542. The molecule has 0 aliphatic carbocycles. The van der Waals surface area contributed by atoms with Gasteiger partial charge in [0.25, 0.3) is 0 Å². The molecular formula is C11H23NO3. The van der Waals surface area contributed by atoms with Crippen LogP contribution in [0, 0.1) is 0 Å². The number of hydrogen-bond acceptors (Lipinski definition) is 4. The molecule has 0 saturated carbocycles. The van der Waals surface area contributed by atoms with Crippen LogP contribution in [-0.2, 0) is 9.47 Å². The molecule has 15 heavy (non-hydrogen) atoms. The van der Waals surface area contributed by atoms with Crippen molar-refractivity contribution in [2.45, 2.75) is 38.4 Å². The lowest BCUT2D eigenvalue weighted by molar-refractivity contribution is -0.0688. The monoisotopic (exact) mass is 217 g/mol. The van der Waals surface area contributed by atoms with Crippen molar-refractivity contribution in [2.75, 3.05) is 32.9 Å². The summed E-state index contributed by atoms with van der Waals surface area (Å²) in [7, 11) is 0. The van der Waals surface area contributed by atoms with E-state index >= 15 is 0 Å². The molecule has 0 amide bonds. The van der Waals surface area contributed by atoms with E-state index < -0.39 is 0 Å². The van der Waals surface area contributed by atoms with E-state index in [1.54, 1.807) is 0 Å². The first-order valence-corrected chi connectivity index (χ1v) is 5.87. The van der Waals surface area contributed by atoms with Crippen LogP contribution in [0.3, 0.4) is 0 Å². The third kappa shape index (κ3) is 6.10. The Kier molecular flexibility index (Phi) is 6.92. The van der Waals surface area contributed by atoms with Crippen molar-refractivity contribution in [3.63, 3.8) is 0 Å². The molecule has 1 rings (SSSR count). The summed E-state index contributed by atoms with van der Waals surface area (Å²) in [6, 6.07) is 0. The van der Waals surface area contributed by atoms with Gasteiger partial charge >= 0.3 is 0 Å². The van der Waals surface area contributed by atoms with Gasteiger partial charge in [0.1, 0.15) is 0 Å². The summed E-state index contributed by atoms with van der Waals surface area (Å²) in [6.45, 7) is 5.63. The minimum atomic E-state index is 0.201. The SMILES string of the molecule is CC1CNCC(COCCCCCO)O1. The normalized spacial score (nSPS) is 26.8. The number of unbranched alkanes of at least 4 members (excludes halogenated alkanes) is 2. The summed E-state index contributed by atoms with van der Waals surface area (Å²) >= 11 is 0. The van der Waals surface area contributed by atoms with E-state index in [9.17, 15) is 0 Å². The summed E-state index contributed by atoms with van der Waals surface area (Å²) in [6.07, 6.45) is 3.43. The average Bonchev–Trinajstić information content (AvgIpc) is 2.23. The summed E-state index contributed by atoms with van der Waals surface area (Å²) in [5, 5.41) is 11.9. The Morgan fingerprint density at radius 3 is 2.93 bits per heavy atom. The molecule has 1 fully saturated rings. The van der Waals surface area contributed by atoms with Gasteiger partial charge in [-0.1, -0.05) is 0 Å². The molecule has 0 bridgehead atoms. The zero-order valence-electron chi connectivity index (χ0n) is 9.58. The van der Waals surface area contributed by atoms with Crippen LogP contribution in [0.2, 0.25) is 0 Å². The highest BCUT2D eigenvalue weighted by Crippen LogP contribution is 2.04. The summed E-state index contributed by atoms with van der Waals surface area (Å²) in [5.41, 5.74) is 0. The lowest BCUT2D eigenvalue weighted by Gasteiger charge is -2.28. The van der Waals surface area contributed by atoms with Gasteiger partial charge in [0.2, 0.25) is 0 Å². The maximum atomic E-state index is 8.59. The molecule has 1 aliphatic rings. The van der Waals surface area contributed by atoms with Crippen molar-refractivity contribution in [3.8, 4) is 0 Å². The Morgan fingerprint density at radius 1 is 1.33 bits per heavy atom. The van der Waals surface area contributed by atoms with Gasteiger partial charge in [0.05, 0.1) is 18.8 Å². The van der Waals surface area contributed by atoms with Gasteiger partial charge < -0.3 is 19.9 Å². The molecule has 0 radical (unpaired) electrons. The zero-order chi connectivity index (χ0) is 10.9. The molecule has 1 aliphatic heterocycles. The summed E-state index contributed by atoms with van der Waals surface area (Å²) in [5.74, 6) is 0. The molecule has 4 heteroatoms. The van der Waals surface area contributed by atoms with E-state index in [-0.39, 0.29) is 12.7 Å². The molecule has 1 heterocycles. The molecule has 0 aromatic carbocycles. The largest absolute Gasteiger partial charge is 0.396 e. The highest BCUT2D eigenvalue weighted by atomic mass is 16.5. The van der Waals surface area contributed by atoms with E-state index in [4.69, 9.17) is 14.6 Å². The van der Waals surface area contributed by atoms with Crippen LogP contribution < -0.4 is 5.32 Å². The molecule has 0 spiro atoms. The van der Waals surface area contributed by atoms with Crippen LogP contribution in [0.15, 0.2) is 0 Å². The topological polar surface area (TPSA) is 50.7 Å². The lowest BCUT2D eigenvalue weighted by atomic mass is 10.2. The number of hydrogen-bond donors (Lipinski definition) is 2. The van der Waals surface area contributed by atoms with Crippen LogP contribution >= 0.6 is 0 Å². The van der Waals surface area contributed by atoms with E-state index in [0.717, 1.165) is 39.0 Å². The van der Waals surface area contributed by atoms with E-state index in [1.165, 1.54) is 0 Å². The minimum absolute atomic E-state index is 0.201. The molecule has 0 aromatic rings. The maximum Gasteiger partial charge on any atom is 0.0936 e. The van der Waals surface area contributed by atoms with Gasteiger partial charge in [-0.25, -0.2) is 0 Å². The second-order valence-corrected chi connectivity index (χ2v) is 4.09. The molecule has 90 valence electrons. The minimum Gasteiger partial charge on any atom is -0.396 e. The Labute approximate surface area is 92.0 Å². The molecular weight excluding hydrogens is 194 g/mol. The smallest absolute Gasteiger partial charge is 0.0936 e. The standard InChI is InChI=1S/C11H23NO3/c1-10-7-12-8-11(15-10)9-14-6-4-2-3-5-13/h10-13H,2-9H2,1H3. The number of nitrogens with one attached hydrogen (secondary N) is 1. The van der Waals surface area contributed by atoms with Crippen molar-refractivity contribution in [1.29, 1.82) is 0 Å². The van der Waals surface area contributed by atoms with Crippen LogP contribution in [-0.4, -0.2) is 50.2 Å². The Morgan fingerprint density at radius 2 is 2.20 bits per heavy atom. The maximum absolute atomic E-state index is 8.59. The third-order valence-corrected chi connectivity index (χ3v) is 2.48. The van der Waals surface area contributed by atoms with Crippen molar-refractivity contribution in [1.82, 2.24) is 5.32 Å². The molecule has 4 nitrogen and oxygen atoms in total. The molecule has 2 unspecified atom stereocenters. The number of ether oxygens (including phenoxy) is 2. The Balaban J connectivity index is 1.90. The molecule has 2 N–H and O–H groups in total. The first kappa shape index (κ1) is 12.9. The number of aliphatic hydroxyl groups is 1. The van der Waals surface area contributed by atoms with E-state index in [2.05, 4.69) is 12.2 Å².